The Kier molecular flexibility index (Phi) is 9.23. The van der Waals surface area contributed by atoms with Gasteiger partial charge < -0.3 is 19.3 Å². The molecule has 2 aliphatic rings. The van der Waals surface area contributed by atoms with Gasteiger partial charge in [0.05, 0.1) is 6.42 Å². The molecule has 37 heavy (non-hydrogen) atoms. The molecular formula is C31H48O6. The Balaban J connectivity index is 1.64. The first-order valence-corrected chi connectivity index (χ1v) is 14.3. The van der Waals surface area contributed by atoms with E-state index in [4.69, 9.17) is 14.2 Å². The molecule has 0 radical (unpaired) electrons. The Morgan fingerprint density at radius 2 is 1.27 bits per heavy atom. The van der Waals surface area contributed by atoms with Crippen molar-refractivity contribution in [2.45, 2.75) is 131 Å². The van der Waals surface area contributed by atoms with Gasteiger partial charge in [-0.1, -0.05) is 72.6 Å². The van der Waals surface area contributed by atoms with Crippen LogP contribution in [0.4, 0.5) is 0 Å². The number of phenolic OH excluding ortho intramolecular Hbond substituents is 1. The lowest BCUT2D eigenvalue weighted by Gasteiger charge is -2.47. The van der Waals surface area contributed by atoms with Crippen molar-refractivity contribution in [1.82, 2.24) is 0 Å². The zero-order chi connectivity index (χ0) is 27.5. The molecule has 1 N–H and O–H groups in total. The van der Waals surface area contributed by atoms with Gasteiger partial charge in [0.25, 0.3) is 0 Å². The van der Waals surface area contributed by atoms with Crippen LogP contribution < -0.4 is 4.74 Å². The molecule has 3 rings (SSSR count). The van der Waals surface area contributed by atoms with Crippen LogP contribution in [-0.2, 0) is 25.5 Å². The number of rotatable bonds is 12. The fourth-order valence-electron chi connectivity index (χ4n) is 5.94. The van der Waals surface area contributed by atoms with Crippen LogP contribution in [0.1, 0.15) is 115 Å². The molecule has 3 atom stereocenters. The molecule has 2 aliphatic heterocycles. The van der Waals surface area contributed by atoms with Crippen molar-refractivity contribution in [2.24, 2.45) is 17.8 Å². The maximum absolute atomic E-state index is 12.2. The molecule has 2 heterocycles. The molecule has 1 fully saturated rings. The summed E-state index contributed by atoms with van der Waals surface area (Å²) in [5.41, 5.74) is 1.97. The average Bonchev–Trinajstić information content (AvgIpc) is 3.11. The molecule has 0 bridgehead atoms. The molecule has 0 unspecified atom stereocenters. The zero-order valence-electron chi connectivity index (χ0n) is 24.3. The molecule has 1 aromatic carbocycles. The summed E-state index contributed by atoms with van der Waals surface area (Å²) in [5.74, 6) is -0.467. The van der Waals surface area contributed by atoms with Crippen molar-refractivity contribution in [3.8, 4) is 11.5 Å². The quantitative estimate of drug-likeness (QED) is 0.233. The molecule has 1 aromatic rings. The van der Waals surface area contributed by atoms with E-state index in [1.54, 1.807) is 0 Å². The van der Waals surface area contributed by atoms with Crippen LogP contribution in [0, 0.1) is 38.5 Å². The highest BCUT2D eigenvalue weighted by Gasteiger charge is 2.64. The van der Waals surface area contributed by atoms with Gasteiger partial charge in [0.15, 0.2) is 5.60 Å². The van der Waals surface area contributed by atoms with E-state index < -0.39 is 23.3 Å². The minimum atomic E-state index is -1.53. The minimum absolute atomic E-state index is 0.168. The number of benzene rings is 1. The standard InChI is InChI=1S/C31H48O6/c1-19(2)12-9-13-20(3)14-10-15-21(4)16-11-17-30(8)31(36-28(33)29(34)37-31)18-25-24(7)26(32)22(5)23(6)27(25)35-30/h19-21,32H,9-18H2,1-8H3/t20-,21+,30-/m0/s1. The Hall–Kier alpha value is -2.24. The Morgan fingerprint density at radius 1 is 0.757 bits per heavy atom. The summed E-state index contributed by atoms with van der Waals surface area (Å²) in [6.07, 6.45) is 10.3. The molecule has 1 saturated heterocycles. The second-order valence-corrected chi connectivity index (χ2v) is 12.4. The molecule has 208 valence electrons. The Labute approximate surface area is 223 Å². The molecule has 0 aliphatic carbocycles. The Bertz CT molecular complexity index is 980. The first-order chi connectivity index (χ1) is 17.3. The van der Waals surface area contributed by atoms with Gasteiger partial charge >= 0.3 is 17.7 Å². The monoisotopic (exact) mass is 516 g/mol. The number of hydrogen-bond donors (Lipinski definition) is 1. The number of carbonyl (C=O) groups excluding carboxylic acids is 2. The van der Waals surface area contributed by atoms with Crippen LogP contribution in [-0.4, -0.2) is 28.4 Å². The van der Waals surface area contributed by atoms with Crippen molar-refractivity contribution in [3.05, 3.63) is 22.3 Å². The predicted octanol–water partition coefficient (Wildman–Crippen LogP) is 7.25. The van der Waals surface area contributed by atoms with Crippen molar-refractivity contribution < 1.29 is 28.9 Å². The van der Waals surface area contributed by atoms with Crippen molar-refractivity contribution in [3.63, 3.8) is 0 Å². The van der Waals surface area contributed by atoms with Crippen LogP contribution >= 0.6 is 0 Å². The highest BCUT2D eigenvalue weighted by atomic mass is 16.8. The van der Waals surface area contributed by atoms with Crippen LogP contribution in [0.2, 0.25) is 0 Å². The van der Waals surface area contributed by atoms with Crippen LogP contribution in [0.3, 0.4) is 0 Å². The first kappa shape index (κ1) is 29.3. The van der Waals surface area contributed by atoms with Crippen molar-refractivity contribution >= 4 is 11.9 Å². The van der Waals surface area contributed by atoms with Gasteiger partial charge in [-0.2, -0.15) is 0 Å². The fraction of sp³-hybridized carbons (Fsp3) is 0.742. The summed E-state index contributed by atoms with van der Waals surface area (Å²) >= 11 is 0. The van der Waals surface area contributed by atoms with E-state index in [1.165, 1.54) is 38.5 Å². The van der Waals surface area contributed by atoms with Crippen LogP contribution in [0.5, 0.6) is 11.5 Å². The molecule has 1 spiro atoms. The number of carbonyl (C=O) groups is 2. The lowest BCUT2D eigenvalue weighted by atomic mass is 9.79. The lowest BCUT2D eigenvalue weighted by Crippen LogP contribution is -2.61. The van der Waals surface area contributed by atoms with E-state index in [9.17, 15) is 14.7 Å². The minimum Gasteiger partial charge on any atom is -0.507 e. The molecule has 0 saturated carbocycles. The van der Waals surface area contributed by atoms with Crippen LogP contribution in [0.15, 0.2) is 0 Å². The SMILES string of the molecule is Cc1c(C)c2c(c(C)c1O)CC1(OC(=O)C(=O)O1)[C@](C)(CCC[C@H](C)CCC[C@@H](C)CCCC(C)C)O2. The van der Waals surface area contributed by atoms with E-state index in [0.29, 0.717) is 23.7 Å². The maximum atomic E-state index is 12.2. The third-order valence-electron chi connectivity index (χ3n) is 8.79. The maximum Gasteiger partial charge on any atom is 0.421 e. The van der Waals surface area contributed by atoms with E-state index in [1.807, 2.05) is 27.7 Å². The molecule has 6 nitrogen and oxygen atoms in total. The highest BCUT2D eigenvalue weighted by molar-refractivity contribution is 6.31. The molecular weight excluding hydrogens is 468 g/mol. The topological polar surface area (TPSA) is 82.1 Å². The van der Waals surface area contributed by atoms with Crippen molar-refractivity contribution in [2.75, 3.05) is 0 Å². The third-order valence-corrected chi connectivity index (χ3v) is 8.79. The van der Waals surface area contributed by atoms with Gasteiger partial charge in [-0.15, -0.1) is 0 Å². The van der Waals surface area contributed by atoms with Gasteiger partial charge in [0.1, 0.15) is 11.5 Å². The number of aromatic hydroxyl groups is 1. The third kappa shape index (κ3) is 6.26. The van der Waals surface area contributed by atoms with Gasteiger partial charge in [-0.05, 0) is 75.0 Å². The number of phenols is 1. The van der Waals surface area contributed by atoms with Crippen molar-refractivity contribution in [1.29, 1.82) is 0 Å². The summed E-state index contributed by atoms with van der Waals surface area (Å²) < 4.78 is 17.8. The second kappa shape index (κ2) is 11.7. The number of esters is 2. The smallest absolute Gasteiger partial charge is 0.421 e. The highest BCUT2D eigenvalue weighted by Crippen LogP contribution is 2.51. The predicted molar refractivity (Wildman–Crippen MR) is 145 cm³/mol. The number of fused-ring (bicyclic) bond motifs is 1. The molecule has 6 heteroatoms. The normalized spacial score (nSPS) is 22.0. The van der Waals surface area contributed by atoms with Crippen LogP contribution in [0.25, 0.3) is 0 Å². The summed E-state index contributed by atoms with van der Waals surface area (Å²) in [7, 11) is 0. The number of hydrogen-bond acceptors (Lipinski definition) is 6. The van der Waals surface area contributed by atoms with Gasteiger partial charge in [-0.25, -0.2) is 9.59 Å². The zero-order valence-corrected chi connectivity index (χ0v) is 24.3. The molecule has 0 amide bonds. The first-order valence-electron chi connectivity index (χ1n) is 14.3. The summed E-state index contributed by atoms with van der Waals surface area (Å²) in [5, 5.41) is 10.6. The van der Waals surface area contributed by atoms with E-state index >= 15 is 0 Å². The van der Waals surface area contributed by atoms with E-state index in [2.05, 4.69) is 27.7 Å². The van der Waals surface area contributed by atoms with Gasteiger partial charge in [-0.3, -0.25) is 0 Å². The number of ether oxygens (including phenoxy) is 3. The van der Waals surface area contributed by atoms with E-state index in [-0.39, 0.29) is 12.2 Å². The summed E-state index contributed by atoms with van der Waals surface area (Å²) in [6.45, 7) is 16.7. The molecule has 0 aromatic heterocycles. The second-order valence-electron chi connectivity index (χ2n) is 12.4. The van der Waals surface area contributed by atoms with Gasteiger partial charge in [0, 0.05) is 5.56 Å². The van der Waals surface area contributed by atoms with E-state index in [0.717, 1.165) is 41.4 Å². The fourth-order valence-corrected chi connectivity index (χ4v) is 5.94. The summed E-state index contributed by atoms with van der Waals surface area (Å²) in [6, 6.07) is 0. The lowest BCUT2D eigenvalue weighted by molar-refractivity contribution is -0.256. The Morgan fingerprint density at radius 3 is 1.81 bits per heavy atom. The summed E-state index contributed by atoms with van der Waals surface area (Å²) in [4.78, 5) is 24.3. The largest absolute Gasteiger partial charge is 0.507 e. The van der Waals surface area contributed by atoms with Gasteiger partial charge in [0.2, 0.25) is 0 Å². The average molecular weight is 517 g/mol.